The zero-order valence-corrected chi connectivity index (χ0v) is 13.9. The lowest BCUT2D eigenvalue weighted by molar-refractivity contribution is -0.123. The molecule has 2 heterocycles. The van der Waals surface area contributed by atoms with Gasteiger partial charge in [0.05, 0.1) is 6.54 Å². The van der Waals surface area contributed by atoms with Crippen LogP contribution >= 0.6 is 0 Å². The number of carbonyl (C=O) groups excluding carboxylic acids is 1. The Kier molecular flexibility index (Phi) is 5.22. The van der Waals surface area contributed by atoms with Crippen LogP contribution in [0.4, 0.5) is 0 Å². The SMILES string of the molecule is Cc1nc(CN2CCCN([C@@H](C(N)=O)c3ccccc3)CC2)no1. The smallest absolute Gasteiger partial charge is 0.239 e. The van der Waals surface area contributed by atoms with Crippen molar-refractivity contribution >= 4 is 5.91 Å². The minimum atomic E-state index is -0.376. The predicted octanol–water partition coefficient (Wildman–Crippen LogP) is 1.11. The van der Waals surface area contributed by atoms with Crippen molar-refractivity contribution in [1.82, 2.24) is 19.9 Å². The third kappa shape index (κ3) is 3.98. The molecule has 7 heteroatoms. The van der Waals surface area contributed by atoms with Gasteiger partial charge in [0.2, 0.25) is 11.8 Å². The molecule has 0 aliphatic carbocycles. The molecule has 1 amide bonds. The highest BCUT2D eigenvalue weighted by Crippen LogP contribution is 2.22. The normalized spacial score (nSPS) is 18.2. The number of nitrogens with zero attached hydrogens (tertiary/aromatic N) is 4. The molecule has 1 saturated heterocycles. The van der Waals surface area contributed by atoms with Gasteiger partial charge >= 0.3 is 0 Å². The van der Waals surface area contributed by atoms with Gasteiger partial charge in [-0.1, -0.05) is 35.5 Å². The first-order valence-electron chi connectivity index (χ1n) is 8.23. The molecule has 0 bridgehead atoms. The molecular weight excluding hydrogens is 306 g/mol. The molecule has 2 aromatic rings. The number of primary amides is 1. The maximum atomic E-state index is 12.0. The molecule has 0 spiro atoms. The van der Waals surface area contributed by atoms with Crippen LogP contribution in [0.25, 0.3) is 0 Å². The predicted molar refractivity (Wildman–Crippen MR) is 88.9 cm³/mol. The molecule has 3 rings (SSSR count). The van der Waals surface area contributed by atoms with E-state index in [-0.39, 0.29) is 11.9 Å². The Morgan fingerprint density at radius 2 is 2.04 bits per heavy atom. The van der Waals surface area contributed by atoms with Crippen molar-refractivity contribution in [1.29, 1.82) is 0 Å². The van der Waals surface area contributed by atoms with E-state index in [0.29, 0.717) is 18.3 Å². The van der Waals surface area contributed by atoms with Crippen LogP contribution in [0.5, 0.6) is 0 Å². The van der Waals surface area contributed by atoms with Crippen molar-refractivity contribution in [2.75, 3.05) is 26.2 Å². The largest absolute Gasteiger partial charge is 0.368 e. The first-order chi connectivity index (χ1) is 11.6. The minimum Gasteiger partial charge on any atom is -0.368 e. The summed E-state index contributed by atoms with van der Waals surface area (Å²) in [6.45, 7) is 5.84. The third-order valence-electron chi connectivity index (χ3n) is 4.31. The summed E-state index contributed by atoms with van der Waals surface area (Å²) in [6, 6.07) is 9.36. The fraction of sp³-hybridized carbons (Fsp3) is 0.471. The van der Waals surface area contributed by atoms with E-state index in [0.717, 1.165) is 38.2 Å². The van der Waals surface area contributed by atoms with Gasteiger partial charge < -0.3 is 10.3 Å². The average Bonchev–Trinajstić information content (AvgIpc) is 2.84. The molecule has 1 aromatic carbocycles. The lowest BCUT2D eigenvalue weighted by Crippen LogP contribution is -2.40. The molecule has 1 aliphatic rings. The first-order valence-corrected chi connectivity index (χ1v) is 8.23. The standard InChI is InChI=1S/C17H23N5O2/c1-13-19-15(20-24-13)12-21-8-5-9-22(11-10-21)16(17(18)23)14-6-3-2-4-7-14/h2-4,6-7,16H,5,8-12H2,1H3,(H2,18,23)/t16-/m1/s1. The fourth-order valence-electron chi connectivity index (χ4n) is 3.20. The van der Waals surface area contributed by atoms with E-state index in [9.17, 15) is 4.79 Å². The third-order valence-corrected chi connectivity index (χ3v) is 4.31. The van der Waals surface area contributed by atoms with Gasteiger partial charge in [0.25, 0.3) is 0 Å². The second-order valence-corrected chi connectivity index (χ2v) is 6.11. The first kappa shape index (κ1) is 16.6. The summed E-state index contributed by atoms with van der Waals surface area (Å²) in [6.07, 6.45) is 0.966. The number of aryl methyl sites for hydroxylation is 1. The zero-order valence-electron chi connectivity index (χ0n) is 13.9. The molecule has 0 radical (unpaired) electrons. The number of hydrogen-bond acceptors (Lipinski definition) is 6. The summed E-state index contributed by atoms with van der Waals surface area (Å²) in [5.74, 6) is 0.984. The van der Waals surface area contributed by atoms with Gasteiger partial charge in [-0.05, 0) is 18.5 Å². The van der Waals surface area contributed by atoms with E-state index in [2.05, 4.69) is 19.9 Å². The Morgan fingerprint density at radius 3 is 2.71 bits per heavy atom. The number of carbonyl (C=O) groups is 1. The Bertz CT molecular complexity index is 673. The second kappa shape index (κ2) is 7.55. The number of amides is 1. The molecule has 128 valence electrons. The highest BCUT2D eigenvalue weighted by atomic mass is 16.5. The number of aromatic nitrogens is 2. The molecule has 1 aliphatic heterocycles. The lowest BCUT2D eigenvalue weighted by atomic mass is 10.0. The maximum Gasteiger partial charge on any atom is 0.239 e. The van der Waals surface area contributed by atoms with Crippen LogP contribution in [0.2, 0.25) is 0 Å². The van der Waals surface area contributed by atoms with E-state index >= 15 is 0 Å². The van der Waals surface area contributed by atoms with Gasteiger partial charge in [0, 0.05) is 26.6 Å². The van der Waals surface area contributed by atoms with Crippen LogP contribution in [0.1, 0.15) is 29.7 Å². The minimum absolute atomic E-state index is 0.302. The molecule has 0 unspecified atom stereocenters. The van der Waals surface area contributed by atoms with E-state index in [4.69, 9.17) is 10.3 Å². The summed E-state index contributed by atoms with van der Waals surface area (Å²) < 4.78 is 5.03. The van der Waals surface area contributed by atoms with E-state index in [1.165, 1.54) is 0 Å². The van der Waals surface area contributed by atoms with Crippen molar-refractivity contribution < 1.29 is 9.32 Å². The number of nitrogens with two attached hydrogens (primary N) is 1. The van der Waals surface area contributed by atoms with E-state index in [1.54, 1.807) is 6.92 Å². The topological polar surface area (TPSA) is 88.5 Å². The maximum absolute atomic E-state index is 12.0. The molecule has 24 heavy (non-hydrogen) atoms. The van der Waals surface area contributed by atoms with Gasteiger partial charge in [-0.2, -0.15) is 4.98 Å². The van der Waals surface area contributed by atoms with Gasteiger partial charge in [0.15, 0.2) is 5.82 Å². The quantitative estimate of drug-likeness (QED) is 0.884. The van der Waals surface area contributed by atoms with Crippen molar-refractivity contribution in [2.45, 2.75) is 25.9 Å². The fourth-order valence-corrected chi connectivity index (χ4v) is 3.20. The zero-order chi connectivity index (χ0) is 16.9. The van der Waals surface area contributed by atoms with Crippen LogP contribution in [0, 0.1) is 6.92 Å². The highest BCUT2D eigenvalue weighted by molar-refractivity contribution is 5.81. The van der Waals surface area contributed by atoms with Crippen molar-refractivity contribution in [3.8, 4) is 0 Å². The summed E-state index contributed by atoms with van der Waals surface area (Å²) in [5.41, 5.74) is 6.64. The summed E-state index contributed by atoms with van der Waals surface area (Å²) in [4.78, 5) is 20.7. The Balaban J connectivity index is 1.66. The Hall–Kier alpha value is -2.25. The molecule has 2 N–H and O–H groups in total. The average molecular weight is 329 g/mol. The molecule has 1 aromatic heterocycles. The molecule has 1 atom stereocenters. The van der Waals surface area contributed by atoms with Gasteiger partial charge in [-0.15, -0.1) is 0 Å². The van der Waals surface area contributed by atoms with Crippen LogP contribution < -0.4 is 5.73 Å². The summed E-state index contributed by atoms with van der Waals surface area (Å²) in [5, 5.41) is 3.95. The number of rotatable bonds is 5. The van der Waals surface area contributed by atoms with Gasteiger partial charge in [0.1, 0.15) is 6.04 Å². The van der Waals surface area contributed by atoms with Crippen molar-refractivity contribution in [3.05, 3.63) is 47.6 Å². The summed E-state index contributed by atoms with van der Waals surface area (Å²) in [7, 11) is 0. The summed E-state index contributed by atoms with van der Waals surface area (Å²) >= 11 is 0. The van der Waals surface area contributed by atoms with Gasteiger partial charge in [-0.25, -0.2) is 0 Å². The number of hydrogen-bond donors (Lipinski definition) is 1. The van der Waals surface area contributed by atoms with Crippen LogP contribution in [-0.2, 0) is 11.3 Å². The highest BCUT2D eigenvalue weighted by Gasteiger charge is 2.27. The Labute approximate surface area is 141 Å². The molecule has 0 saturated carbocycles. The molecule has 7 nitrogen and oxygen atoms in total. The van der Waals surface area contributed by atoms with Crippen LogP contribution in [0.15, 0.2) is 34.9 Å². The monoisotopic (exact) mass is 329 g/mol. The molecular formula is C17H23N5O2. The van der Waals surface area contributed by atoms with Crippen LogP contribution in [-0.4, -0.2) is 52.0 Å². The van der Waals surface area contributed by atoms with Crippen LogP contribution in [0.3, 0.4) is 0 Å². The molecule has 1 fully saturated rings. The van der Waals surface area contributed by atoms with Gasteiger partial charge in [-0.3, -0.25) is 14.6 Å². The lowest BCUT2D eigenvalue weighted by Gasteiger charge is -2.28. The Morgan fingerprint density at radius 1 is 1.25 bits per heavy atom. The van der Waals surface area contributed by atoms with E-state index < -0.39 is 0 Å². The number of benzene rings is 1. The second-order valence-electron chi connectivity index (χ2n) is 6.11. The van der Waals surface area contributed by atoms with Crippen molar-refractivity contribution in [2.24, 2.45) is 5.73 Å². The van der Waals surface area contributed by atoms with E-state index in [1.807, 2.05) is 30.3 Å². The van der Waals surface area contributed by atoms with Crippen molar-refractivity contribution in [3.63, 3.8) is 0 Å².